The highest BCUT2D eigenvalue weighted by atomic mass is 35.5. The van der Waals surface area contributed by atoms with Gasteiger partial charge in [-0.15, -0.1) is 0 Å². The number of nitrogens with zero attached hydrogens (tertiary/aromatic N) is 3. The summed E-state index contributed by atoms with van der Waals surface area (Å²) >= 11 is 5.85. The van der Waals surface area contributed by atoms with Crippen LogP contribution >= 0.6 is 11.6 Å². The van der Waals surface area contributed by atoms with Crippen LogP contribution in [0, 0.1) is 0 Å². The summed E-state index contributed by atoms with van der Waals surface area (Å²) in [5.41, 5.74) is -2.81. The highest BCUT2D eigenvalue weighted by Crippen LogP contribution is 2.35. The lowest BCUT2D eigenvalue weighted by Crippen LogP contribution is -2.18. The number of benzene rings is 1. The van der Waals surface area contributed by atoms with E-state index in [9.17, 15) is 34.8 Å². The Bertz CT molecular complexity index is 1260. The molecule has 0 atom stereocenters. The molecule has 0 unspecified atom stereocenters. The molecule has 2 heterocycles. The van der Waals surface area contributed by atoms with Gasteiger partial charge < -0.3 is 4.74 Å². The van der Waals surface area contributed by atoms with Crippen molar-refractivity contribution in [1.29, 1.82) is 0 Å². The van der Waals surface area contributed by atoms with E-state index < -0.39 is 49.2 Å². The summed E-state index contributed by atoms with van der Waals surface area (Å²) in [4.78, 5) is 7.18. The molecule has 0 spiro atoms. The Morgan fingerprint density at radius 3 is 2.22 bits per heavy atom. The number of halogens is 7. The van der Waals surface area contributed by atoms with E-state index in [1.54, 1.807) is 0 Å². The third-order valence-corrected chi connectivity index (χ3v) is 5.61. The molecule has 2 aromatic heterocycles. The Labute approximate surface area is 181 Å². The van der Waals surface area contributed by atoms with Gasteiger partial charge in [0.2, 0.25) is 0 Å². The van der Waals surface area contributed by atoms with E-state index >= 15 is 0 Å². The van der Waals surface area contributed by atoms with Gasteiger partial charge in [0.1, 0.15) is 12.1 Å². The van der Waals surface area contributed by atoms with Gasteiger partial charge in [-0.2, -0.15) is 34.8 Å². The molecule has 1 aromatic carbocycles. The second-order valence-electron chi connectivity index (χ2n) is 6.18. The third-order valence-electron chi connectivity index (χ3n) is 3.98. The SMILES string of the molecule is COc1cc(NS(=O)(=O)c2cncn2-c2ncc(C(F)(F)F)cc2Cl)cc(C(F)(F)F)c1. The minimum Gasteiger partial charge on any atom is -0.497 e. The van der Waals surface area contributed by atoms with E-state index in [4.69, 9.17) is 16.3 Å². The maximum absolute atomic E-state index is 13.1. The molecular formula is C17H11ClF6N4O3S. The van der Waals surface area contributed by atoms with E-state index in [1.807, 2.05) is 4.72 Å². The van der Waals surface area contributed by atoms with Crippen molar-refractivity contribution in [2.75, 3.05) is 11.8 Å². The summed E-state index contributed by atoms with van der Waals surface area (Å²) in [6.07, 6.45) is -7.33. The number of aromatic nitrogens is 3. The molecule has 0 aliphatic rings. The highest BCUT2D eigenvalue weighted by Gasteiger charge is 2.33. The molecule has 0 amide bonds. The second kappa shape index (κ2) is 8.16. The molecule has 0 fully saturated rings. The zero-order valence-electron chi connectivity index (χ0n) is 15.7. The molecule has 3 aromatic rings. The van der Waals surface area contributed by atoms with Crippen LogP contribution in [0.4, 0.5) is 32.0 Å². The number of ether oxygens (including phenoxy) is 1. The van der Waals surface area contributed by atoms with Crippen LogP contribution in [-0.2, 0) is 22.4 Å². The molecular weight excluding hydrogens is 490 g/mol. The largest absolute Gasteiger partial charge is 0.497 e. The average molecular weight is 501 g/mol. The van der Waals surface area contributed by atoms with Crippen LogP contribution in [-0.4, -0.2) is 30.1 Å². The Kier molecular flexibility index (Phi) is 6.04. The van der Waals surface area contributed by atoms with Crippen molar-refractivity contribution in [3.05, 3.63) is 59.1 Å². The topological polar surface area (TPSA) is 86.1 Å². The van der Waals surface area contributed by atoms with Crippen molar-refractivity contribution in [2.45, 2.75) is 17.4 Å². The zero-order chi connectivity index (χ0) is 23.9. The number of hydrogen-bond donors (Lipinski definition) is 1. The normalized spacial score (nSPS) is 12.6. The molecule has 1 N–H and O–H groups in total. The first kappa shape index (κ1) is 23.7. The fourth-order valence-corrected chi connectivity index (χ4v) is 3.93. The Morgan fingerprint density at radius 1 is 1.00 bits per heavy atom. The van der Waals surface area contributed by atoms with Gasteiger partial charge in [0.15, 0.2) is 10.8 Å². The fraction of sp³-hybridized carbons (Fsp3) is 0.176. The van der Waals surface area contributed by atoms with E-state index in [-0.39, 0.29) is 11.6 Å². The van der Waals surface area contributed by atoms with Gasteiger partial charge in [0.05, 0.1) is 35.1 Å². The molecule has 15 heteroatoms. The zero-order valence-corrected chi connectivity index (χ0v) is 17.2. The van der Waals surface area contributed by atoms with Gasteiger partial charge in [-0.1, -0.05) is 11.6 Å². The number of alkyl halides is 6. The summed E-state index contributed by atoms with van der Waals surface area (Å²) in [7, 11) is -3.49. The highest BCUT2D eigenvalue weighted by molar-refractivity contribution is 7.92. The maximum Gasteiger partial charge on any atom is 0.417 e. The standard InChI is InChI=1S/C17H11ClF6N4O3S/c1-31-12-3-9(16(19,20)21)2-11(5-12)27-32(29,30)14-7-25-8-28(14)15-13(18)4-10(6-26-15)17(22,23)24/h2-8,27H,1H3. The molecule has 0 bridgehead atoms. The molecule has 0 aliphatic heterocycles. The number of sulfonamides is 1. The maximum atomic E-state index is 13.1. The summed E-state index contributed by atoms with van der Waals surface area (Å²) in [6, 6.07) is 2.78. The summed E-state index contributed by atoms with van der Waals surface area (Å²) in [5, 5.41) is -1.17. The Balaban J connectivity index is 2.02. The number of rotatable bonds is 5. The molecule has 32 heavy (non-hydrogen) atoms. The minimum atomic E-state index is -4.78. The van der Waals surface area contributed by atoms with Crippen molar-refractivity contribution in [1.82, 2.24) is 14.5 Å². The van der Waals surface area contributed by atoms with E-state index in [2.05, 4.69) is 9.97 Å². The molecule has 0 saturated carbocycles. The fourth-order valence-electron chi connectivity index (χ4n) is 2.55. The number of imidazole rings is 1. The van der Waals surface area contributed by atoms with Gasteiger partial charge in [0, 0.05) is 12.3 Å². The molecule has 0 radical (unpaired) electrons. The van der Waals surface area contributed by atoms with Crippen molar-refractivity contribution in [2.24, 2.45) is 0 Å². The molecule has 0 saturated heterocycles. The molecule has 3 rings (SSSR count). The summed E-state index contributed by atoms with van der Waals surface area (Å²) < 4.78 is 111. The lowest BCUT2D eigenvalue weighted by atomic mass is 10.2. The van der Waals surface area contributed by atoms with E-state index in [1.165, 1.54) is 0 Å². The number of nitrogens with one attached hydrogen (secondary N) is 1. The summed E-state index contributed by atoms with van der Waals surface area (Å²) in [6.45, 7) is 0. The molecule has 0 aliphatic carbocycles. The first-order valence-corrected chi connectivity index (χ1v) is 10.1. The van der Waals surface area contributed by atoms with Crippen LogP contribution in [0.5, 0.6) is 5.75 Å². The van der Waals surface area contributed by atoms with Gasteiger partial charge in [0.25, 0.3) is 10.0 Å². The van der Waals surface area contributed by atoms with Crippen LogP contribution in [0.3, 0.4) is 0 Å². The predicted octanol–water partition coefficient (Wildman–Crippen LogP) is 4.77. The minimum absolute atomic E-state index is 0.265. The lowest BCUT2D eigenvalue weighted by molar-refractivity contribution is -0.138. The average Bonchev–Trinajstić information content (AvgIpc) is 3.16. The van der Waals surface area contributed by atoms with Gasteiger partial charge in [-0.3, -0.25) is 9.29 Å². The predicted molar refractivity (Wildman–Crippen MR) is 100 cm³/mol. The lowest BCUT2D eigenvalue weighted by Gasteiger charge is -2.15. The number of pyridine rings is 1. The van der Waals surface area contributed by atoms with Crippen LogP contribution in [0.25, 0.3) is 5.82 Å². The number of hydrogen-bond acceptors (Lipinski definition) is 5. The first-order chi connectivity index (χ1) is 14.7. The van der Waals surface area contributed by atoms with Gasteiger partial charge in [-0.25, -0.2) is 9.97 Å². The van der Waals surface area contributed by atoms with Crippen LogP contribution in [0.1, 0.15) is 11.1 Å². The quantitative estimate of drug-likeness (QED) is 0.510. The number of methoxy groups -OCH3 is 1. The van der Waals surface area contributed by atoms with Crippen molar-refractivity contribution >= 4 is 27.3 Å². The molecule has 7 nitrogen and oxygen atoms in total. The van der Waals surface area contributed by atoms with E-state index in [0.29, 0.717) is 24.4 Å². The monoisotopic (exact) mass is 500 g/mol. The van der Waals surface area contributed by atoms with Crippen molar-refractivity contribution in [3.8, 4) is 11.6 Å². The van der Waals surface area contributed by atoms with Crippen LogP contribution < -0.4 is 9.46 Å². The van der Waals surface area contributed by atoms with Crippen molar-refractivity contribution < 1.29 is 39.5 Å². The van der Waals surface area contributed by atoms with Gasteiger partial charge in [-0.05, 0) is 18.2 Å². The van der Waals surface area contributed by atoms with Crippen molar-refractivity contribution in [3.63, 3.8) is 0 Å². The van der Waals surface area contributed by atoms with Crippen LogP contribution in [0.2, 0.25) is 5.02 Å². The summed E-state index contributed by atoms with van der Waals surface area (Å²) in [5.74, 6) is -0.655. The molecule has 172 valence electrons. The second-order valence-corrected chi connectivity index (χ2v) is 8.22. The number of anilines is 1. The Hall–Kier alpha value is -3.00. The smallest absolute Gasteiger partial charge is 0.417 e. The van der Waals surface area contributed by atoms with Crippen LogP contribution in [0.15, 0.2) is 48.0 Å². The van der Waals surface area contributed by atoms with Gasteiger partial charge >= 0.3 is 12.4 Å². The first-order valence-electron chi connectivity index (χ1n) is 8.27. The third kappa shape index (κ3) is 4.91. The Morgan fingerprint density at radius 2 is 1.66 bits per heavy atom. The van der Waals surface area contributed by atoms with E-state index in [0.717, 1.165) is 30.3 Å².